The zero-order valence-corrected chi connectivity index (χ0v) is 9.18. The van der Waals surface area contributed by atoms with Crippen molar-refractivity contribution in [3.8, 4) is 0 Å². The third kappa shape index (κ3) is 1.90. The Balaban J connectivity index is 3.00. The minimum atomic E-state index is -0.0335. The smallest absolute Gasteiger partial charge is 0.121 e. The van der Waals surface area contributed by atoms with Crippen molar-refractivity contribution < 1.29 is 4.42 Å². The molecule has 1 aromatic rings. The van der Waals surface area contributed by atoms with Gasteiger partial charge >= 0.3 is 0 Å². The van der Waals surface area contributed by atoms with Crippen LogP contribution in [0.15, 0.2) is 15.0 Å². The van der Waals surface area contributed by atoms with Crippen LogP contribution in [0.5, 0.6) is 0 Å². The van der Waals surface area contributed by atoms with Crippen molar-refractivity contribution in [2.45, 2.75) is 32.7 Å². The fourth-order valence-electron chi connectivity index (χ4n) is 1.02. The van der Waals surface area contributed by atoms with E-state index in [2.05, 4.69) is 29.8 Å². The Hall–Kier alpha value is -0.280. The molecule has 0 spiro atoms. The molecule has 3 heteroatoms. The van der Waals surface area contributed by atoms with Gasteiger partial charge in [0.2, 0.25) is 0 Å². The van der Waals surface area contributed by atoms with Crippen molar-refractivity contribution in [1.82, 2.24) is 0 Å². The third-order valence-electron chi connectivity index (χ3n) is 1.71. The molecule has 0 aliphatic heterocycles. The molecule has 1 rings (SSSR count). The van der Waals surface area contributed by atoms with Crippen molar-refractivity contribution in [2.75, 3.05) is 0 Å². The molecule has 2 nitrogen and oxygen atoms in total. The Morgan fingerprint density at radius 3 is 2.25 bits per heavy atom. The lowest BCUT2D eigenvalue weighted by atomic mass is 10.2. The van der Waals surface area contributed by atoms with Crippen LogP contribution in [0.1, 0.15) is 44.3 Å². The summed E-state index contributed by atoms with van der Waals surface area (Å²) < 4.78 is 6.58. The summed E-state index contributed by atoms with van der Waals surface area (Å²) in [6.07, 6.45) is 0. The molecule has 0 saturated heterocycles. The quantitative estimate of drug-likeness (QED) is 0.850. The van der Waals surface area contributed by atoms with Gasteiger partial charge in [-0.3, -0.25) is 0 Å². The zero-order valence-electron chi connectivity index (χ0n) is 7.60. The van der Waals surface area contributed by atoms with Gasteiger partial charge < -0.3 is 10.2 Å². The lowest BCUT2D eigenvalue weighted by Crippen LogP contribution is -2.02. The van der Waals surface area contributed by atoms with Crippen molar-refractivity contribution in [3.05, 3.63) is 22.1 Å². The van der Waals surface area contributed by atoms with Gasteiger partial charge in [-0.05, 0) is 28.9 Å². The van der Waals surface area contributed by atoms with Crippen LogP contribution in [0.25, 0.3) is 0 Å². The molecule has 0 bridgehead atoms. The van der Waals surface area contributed by atoms with Crippen LogP contribution in [0.3, 0.4) is 0 Å². The molecule has 1 unspecified atom stereocenters. The molecular formula is C9H14BrNO. The first-order valence-electron chi connectivity index (χ1n) is 4.07. The van der Waals surface area contributed by atoms with E-state index in [1.807, 2.05) is 13.0 Å². The van der Waals surface area contributed by atoms with Gasteiger partial charge in [0, 0.05) is 5.92 Å². The molecule has 0 amide bonds. The number of nitrogens with two attached hydrogens (primary N) is 1. The lowest BCUT2D eigenvalue weighted by molar-refractivity contribution is 0.426. The van der Waals surface area contributed by atoms with Gasteiger partial charge in [-0.1, -0.05) is 13.8 Å². The predicted octanol–water partition coefficient (Wildman–Crippen LogP) is 3.19. The Labute approximate surface area is 81.3 Å². The molecular weight excluding hydrogens is 218 g/mol. The van der Waals surface area contributed by atoms with Crippen LogP contribution in [0, 0.1) is 0 Å². The predicted molar refractivity (Wildman–Crippen MR) is 53.1 cm³/mol. The molecule has 1 heterocycles. The van der Waals surface area contributed by atoms with Crippen LogP contribution < -0.4 is 5.73 Å². The number of halogens is 1. The highest BCUT2D eigenvalue weighted by Gasteiger charge is 2.13. The maximum atomic E-state index is 5.68. The summed E-state index contributed by atoms with van der Waals surface area (Å²) in [6.45, 7) is 6.10. The van der Waals surface area contributed by atoms with E-state index >= 15 is 0 Å². The Kier molecular flexibility index (Phi) is 2.96. The van der Waals surface area contributed by atoms with Gasteiger partial charge in [-0.25, -0.2) is 0 Å². The molecule has 0 aliphatic rings. The number of hydrogen-bond donors (Lipinski definition) is 1. The fourth-order valence-corrected chi connectivity index (χ4v) is 1.78. The monoisotopic (exact) mass is 231 g/mol. The lowest BCUT2D eigenvalue weighted by Gasteiger charge is -2.01. The Morgan fingerprint density at radius 2 is 2.00 bits per heavy atom. The highest BCUT2D eigenvalue weighted by Crippen LogP contribution is 2.30. The van der Waals surface area contributed by atoms with Gasteiger partial charge in [-0.15, -0.1) is 0 Å². The van der Waals surface area contributed by atoms with Gasteiger partial charge in [0.25, 0.3) is 0 Å². The largest absolute Gasteiger partial charge is 0.463 e. The Bertz CT molecular complexity index is 265. The summed E-state index contributed by atoms with van der Waals surface area (Å²) in [5.41, 5.74) is 5.68. The van der Waals surface area contributed by atoms with E-state index in [0.29, 0.717) is 5.92 Å². The van der Waals surface area contributed by atoms with E-state index in [9.17, 15) is 0 Å². The first kappa shape index (κ1) is 9.81. The minimum Gasteiger partial charge on any atom is -0.463 e. The topological polar surface area (TPSA) is 39.2 Å². The second-order valence-electron chi connectivity index (χ2n) is 3.30. The van der Waals surface area contributed by atoms with E-state index < -0.39 is 0 Å². The normalized spacial score (nSPS) is 13.8. The summed E-state index contributed by atoms with van der Waals surface area (Å²) in [6, 6.07) is 1.91. The standard InChI is InChI=1S/C9H14BrNO/c1-5(2)9-7(10)4-8(12-9)6(3)11/h4-6H,11H2,1-3H3. The molecule has 0 radical (unpaired) electrons. The van der Waals surface area contributed by atoms with E-state index in [4.69, 9.17) is 10.2 Å². The van der Waals surface area contributed by atoms with Gasteiger partial charge in [0.15, 0.2) is 0 Å². The van der Waals surface area contributed by atoms with Crippen molar-refractivity contribution in [2.24, 2.45) is 5.73 Å². The van der Waals surface area contributed by atoms with E-state index in [-0.39, 0.29) is 6.04 Å². The maximum Gasteiger partial charge on any atom is 0.121 e. The fraction of sp³-hybridized carbons (Fsp3) is 0.556. The highest BCUT2D eigenvalue weighted by atomic mass is 79.9. The van der Waals surface area contributed by atoms with Gasteiger partial charge in [0.1, 0.15) is 11.5 Å². The molecule has 0 fully saturated rings. The number of furan rings is 1. The van der Waals surface area contributed by atoms with Crippen LogP contribution in [0.4, 0.5) is 0 Å². The summed E-state index contributed by atoms with van der Waals surface area (Å²) in [7, 11) is 0. The van der Waals surface area contributed by atoms with Crippen molar-refractivity contribution >= 4 is 15.9 Å². The average Bonchev–Trinajstić information content (AvgIpc) is 2.30. The Morgan fingerprint density at radius 1 is 1.42 bits per heavy atom. The van der Waals surface area contributed by atoms with E-state index in [1.165, 1.54) is 0 Å². The first-order chi connectivity index (χ1) is 5.52. The second-order valence-corrected chi connectivity index (χ2v) is 4.16. The second kappa shape index (κ2) is 3.62. The van der Waals surface area contributed by atoms with Crippen LogP contribution in [-0.2, 0) is 0 Å². The molecule has 12 heavy (non-hydrogen) atoms. The van der Waals surface area contributed by atoms with Crippen molar-refractivity contribution in [3.63, 3.8) is 0 Å². The van der Waals surface area contributed by atoms with Gasteiger partial charge in [-0.2, -0.15) is 0 Å². The molecule has 1 atom stereocenters. The summed E-state index contributed by atoms with van der Waals surface area (Å²) >= 11 is 3.44. The summed E-state index contributed by atoms with van der Waals surface area (Å²) in [5.74, 6) is 2.21. The zero-order chi connectivity index (χ0) is 9.30. The third-order valence-corrected chi connectivity index (χ3v) is 2.33. The molecule has 1 aromatic heterocycles. The van der Waals surface area contributed by atoms with E-state index in [0.717, 1.165) is 16.0 Å². The molecule has 2 N–H and O–H groups in total. The summed E-state index contributed by atoms with van der Waals surface area (Å²) in [5, 5.41) is 0. The van der Waals surface area contributed by atoms with Crippen molar-refractivity contribution in [1.29, 1.82) is 0 Å². The van der Waals surface area contributed by atoms with E-state index in [1.54, 1.807) is 0 Å². The van der Waals surface area contributed by atoms with Gasteiger partial charge in [0.05, 0.1) is 10.5 Å². The van der Waals surface area contributed by atoms with Crippen LogP contribution >= 0.6 is 15.9 Å². The SMILES string of the molecule is CC(C)c1oc(C(C)N)cc1Br. The first-order valence-corrected chi connectivity index (χ1v) is 4.86. The molecule has 0 saturated carbocycles. The molecule has 68 valence electrons. The van der Waals surface area contributed by atoms with Crippen LogP contribution in [0.2, 0.25) is 0 Å². The number of hydrogen-bond acceptors (Lipinski definition) is 2. The maximum absolute atomic E-state index is 5.68. The average molecular weight is 232 g/mol. The minimum absolute atomic E-state index is 0.0335. The molecule has 0 aliphatic carbocycles. The summed E-state index contributed by atoms with van der Waals surface area (Å²) in [4.78, 5) is 0. The number of rotatable bonds is 2. The molecule has 0 aromatic carbocycles. The highest BCUT2D eigenvalue weighted by molar-refractivity contribution is 9.10. The van der Waals surface area contributed by atoms with Crippen LogP contribution in [-0.4, -0.2) is 0 Å².